The van der Waals surface area contributed by atoms with E-state index in [0.29, 0.717) is 13.0 Å². The highest BCUT2D eigenvalue weighted by Gasteiger charge is 2.13. The van der Waals surface area contributed by atoms with Gasteiger partial charge in [0, 0.05) is 27.3 Å². The lowest BCUT2D eigenvalue weighted by molar-refractivity contribution is -0.129. The smallest absolute Gasteiger partial charge is 0.227 e. The fourth-order valence-electron chi connectivity index (χ4n) is 1.91. The van der Waals surface area contributed by atoms with E-state index in [-0.39, 0.29) is 5.91 Å². The Kier molecular flexibility index (Phi) is 5.20. The molecule has 0 radical (unpaired) electrons. The molecule has 1 aromatic heterocycles. The van der Waals surface area contributed by atoms with Crippen LogP contribution in [-0.2, 0) is 17.8 Å². The van der Waals surface area contributed by atoms with Crippen molar-refractivity contribution in [2.45, 2.75) is 13.0 Å². The van der Waals surface area contributed by atoms with Gasteiger partial charge in [0.1, 0.15) is 5.75 Å². The zero-order chi connectivity index (χ0) is 14.5. The summed E-state index contributed by atoms with van der Waals surface area (Å²) in [5.74, 6) is 0.840. The zero-order valence-electron chi connectivity index (χ0n) is 11.4. The number of likely N-dealkylation sites (N-methyl/N-ethyl adjacent to an activating group) is 1. The summed E-state index contributed by atoms with van der Waals surface area (Å²) in [5, 5.41) is 2.02. The molecule has 0 saturated carbocycles. The lowest BCUT2D eigenvalue weighted by atomic mass is 10.1. The topological polar surface area (TPSA) is 29.5 Å². The van der Waals surface area contributed by atoms with Crippen LogP contribution in [0, 0.1) is 0 Å². The lowest BCUT2D eigenvalue weighted by Gasteiger charge is -2.17. The second-order valence-electron chi connectivity index (χ2n) is 4.47. The standard InChI is InChI=1S/C15H16BrNO2S/c1-17(9-13-8-12(16)10-20-13)15(18)7-11-5-3-4-6-14(11)19-2/h3-6,8,10H,7,9H2,1-2H3. The van der Waals surface area contributed by atoms with E-state index < -0.39 is 0 Å². The number of carbonyl (C=O) groups is 1. The van der Waals surface area contributed by atoms with Crippen LogP contribution in [0.1, 0.15) is 10.4 Å². The Morgan fingerprint density at radius 2 is 2.15 bits per heavy atom. The van der Waals surface area contributed by atoms with Crippen LogP contribution in [0.15, 0.2) is 40.2 Å². The molecule has 0 unspecified atom stereocenters. The molecule has 20 heavy (non-hydrogen) atoms. The van der Waals surface area contributed by atoms with Gasteiger partial charge in [-0.05, 0) is 28.1 Å². The number of benzene rings is 1. The summed E-state index contributed by atoms with van der Waals surface area (Å²) in [6, 6.07) is 9.66. The number of ether oxygens (including phenoxy) is 1. The first kappa shape index (κ1) is 15.1. The molecule has 1 aromatic carbocycles. The average Bonchev–Trinajstić information content (AvgIpc) is 2.84. The van der Waals surface area contributed by atoms with Gasteiger partial charge in [0.2, 0.25) is 5.91 Å². The molecule has 0 aliphatic carbocycles. The van der Waals surface area contributed by atoms with Gasteiger partial charge in [-0.2, -0.15) is 0 Å². The highest BCUT2D eigenvalue weighted by Crippen LogP contribution is 2.22. The van der Waals surface area contributed by atoms with Crippen molar-refractivity contribution < 1.29 is 9.53 Å². The van der Waals surface area contributed by atoms with Crippen LogP contribution in [0.4, 0.5) is 0 Å². The van der Waals surface area contributed by atoms with E-state index >= 15 is 0 Å². The van der Waals surface area contributed by atoms with Crippen LogP contribution in [0.2, 0.25) is 0 Å². The normalized spacial score (nSPS) is 10.3. The van der Waals surface area contributed by atoms with Gasteiger partial charge in [0.25, 0.3) is 0 Å². The van der Waals surface area contributed by atoms with Gasteiger partial charge < -0.3 is 9.64 Å². The van der Waals surface area contributed by atoms with Crippen molar-refractivity contribution in [1.29, 1.82) is 0 Å². The number of carbonyl (C=O) groups excluding carboxylic acids is 1. The van der Waals surface area contributed by atoms with Gasteiger partial charge in [-0.3, -0.25) is 4.79 Å². The van der Waals surface area contributed by atoms with Gasteiger partial charge in [0.05, 0.1) is 20.1 Å². The number of hydrogen-bond donors (Lipinski definition) is 0. The maximum atomic E-state index is 12.3. The highest BCUT2D eigenvalue weighted by molar-refractivity contribution is 9.10. The fraction of sp³-hybridized carbons (Fsp3) is 0.267. The number of hydrogen-bond acceptors (Lipinski definition) is 3. The van der Waals surface area contributed by atoms with E-state index in [9.17, 15) is 4.79 Å². The van der Waals surface area contributed by atoms with Crippen molar-refractivity contribution in [3.8, 4) is 5.75 Å². The Morgan fingerprint density at radius 3 is 2.80 bits per heavy atom. The van der Waals surface area contributed by atoms with Crippen molar-refractivity contribution in [3.05, 3.63) is 50.6 Å². The van der Waals surface area contributed by atoms with Gasteiger partial charge in [0.15, 0.2) is 0 Å². The maximum absolute atomic E-state index is 12.3. The highest BCUT2D eigenvalue weighted by atomic mass is 79.9. The van der Waals surface area contributed by atoms with E-state index in [2.05, 4.69) is 15.9 Å². The molecule has 0 spiro atoms. The summed E-state index contributed by atoms with van der Waals surface area (Å²) in [6.07, 6.45) is 0.354. The fourth-order valence-corrected chi connectivity index (χ4v) is 3.41. The third-order valence-corrected chi connectivity index (χ3v) is 4.66. The third-order valence-electron chi connectivity index (χ3n) is 2.97. The molecular weight excluding hydrogens is 338 g/mol. The molecule has 0 aliphatic rings. The van der Waals surface area contributed by atoms with Crippen molar-refractivity contribution in [1.82, 2.24) is 4.90 Å². The van der Waals surface area contributed by atoms with Gasteiger partial charge in [-0.25, -0.2) is 0 Å². The molecule has 0 N–H and O–H groups in total. The first-order chi connectivity index (χ1) is 9.60. The number of para-hydroxylation sites is 1. The zero-order valence-corrected chi connectivity index (χ0v) is 13.8. The monoisotopic (exact) mass is 353 g/mol. The molecule has 5 heteroatoms. The Hall–Kier alpha value is -1.33. The molecule has 0 atom stereocenters. The van der Waals surface area contributed by atoms with Crippen LogP contribution in [0.3, 0.4) is 0 Å². The SMILES string of the molecule is COc1ccccc1CC(=O)N(C)Cc1cc(Br)cs1. The third kappa shape index (κ3) is 3.84. The Balaban J connectivity index is 2.00. The first-order valence-corrected chi connectivity index (χ1v) is 7.86. The average molecular weight is 354 g/mol. The maximum Gasteiger partial charge on any atom is 0.227 e. The Bertz CT molecular complexity index is 597. The molecule has 0 fully saturated rings. The van der Waals surface area contributed by atoms with Gasteiger partial charge in [-0.1, -0.05) is 18.2 Å². The number of methoxy groups -OCH3 is 1. The number of thiophene rings is 1. The number of nitrogens with zero attached hydrogens (tertiary/aromatic N) is 1. The van der Waals surface area contributed by atoms with E-state index in [4.69, 9.17) is 4.74 Å². The van der Waals surface area contributed by atoms with Crippen molar-refractivity contribution in [2.75, 3.05) is 14.2 Å². The Labute approximate surface area is 131 Å². The molecule has 1 heterocycles. The predicted octanol–water partition coefficient (Wildman–Crippen LogP) is 3.72. The molecule has 0 bridgehead atoms. The number of amides is 1. The summed E-state index contributed by atoms with van der Waals surface area (Å²) < 4.78 is 6.33. The number of halogens is 1. The minimum atomic E-state index is 0.0824. The summed E-state index contributed by atoms with van der Waals surface area (Å²) in [6.45, 7) is 0.629. The van der Waals surface area contributed by atoms with Crippen LogP contribution in [-0.4, -0.2) is 25.0 Å². The minimum absolute atomic E-state index is 0.0824. The van der Waals surface area contributed by atoms with Crippen LogP contribution in [0.5, 0.6) is 5.75 Å². The molecule has 1 amide bonds. The van der Waals surface area contributed by atoms with Crippen molar-refractivity contribution >= 4 is 33.2 Å². The molecule has 3 nitrogen and oxygen atoms in total. The van der Waals surface area contributed by atoms with E-state index in [1.54, 1.807) is 23.3 Å². The molecule has 106 valence electrons. The second-order valence-corrected chi connectivity index (χ2v) is 6.38. The summed E-state index contributed by atoms with van der Waals surface area (Å²) in [7, 11) is 3.45. The molecule has 0 saturated heterocycles. The summed E-state index contributed by atoms with van der Waals surface area (Å²) in [4.78, 5) is 15.2. The molecule has 2 rings (SSSR count). The van der Waals surface area contributed by atoms with Gasteiger partial charge in [-0.15, -0.1) is 11.3 Å². The Morgan fingerprint density at radius 1 is 1.40 bits per heavy atom. The first-order valence-electron chi connectivity index (χ1n) is 6.19. The van der Waals surface area contributed by atoms with Crippen LogP contribution in [0.25, 0.3) is 0 Å². The summed E-state index contributed by atoms with van der Waals surface area (Å²) in [5.41, 5.74) is 0.916. The molecule has 0 aliphatic heterocycles. The van der Waals surface area contributed by atoms with E-state index in [1.807, 2.05) is 42.8 Å². The number of rotatable bonds is 5. The summed E-state index contributed by atoms with van der Waals surface area (Å²) >= 11 is 5.07. The van der Waals surface area contributed by atoms with Crippen molar-refractivity contribution in [3.63, 3.8) is 0 Å². The van der Waals surface area contributed by atoms with E-state index in [0.717, 1.165) is 20.7 Å². The lowest BCUT2D eigenvalue weighted by Crippen LogP contribution is -2.27. The van der Waals surface area contributed by atoms with Crippen LogP contribution < -0.4 is 4.74 Å². The molecule has 2 aromatic rings. The second kappa shape index (κ2) is 6.90. The van der Waals surface area contributed by atoms with Crippen LogP contribution >= 0.6 is 27.3 Å². The van der Waals surface area contributed by atoms with Crippen molar-refractivity contribution in [2.24, 2.45) is 0 Å². The quantitative estimate of drug-likeness (QED) is 0.819. The van der Waals surface area contributed by atoms with E-state index in [1.165, 1.54) is 0 Å². The molecular formula is C15H16BrNO2S. The van der Waals surface area contributed by atoms with Gasteiger partial charge >= 0.3 is 0 Å². The largest absolute Gasteiger partial charge is 0.496 e. The predicted molar refractivity (Wildman–Crippen MR) is 85.2 cm³/mol. The minimum Gasteiger partial charge on any atom is -0.496 e.